The standard InChI is InChI=1S/C15H22N2O3/c1-15(2,3)20-14(18)17-10-4-5-13(11-17)19-12-6-8-16-9-7-12/h6-9,13H,4-5,10-11H2,1-3H3/t13-/m1/s1. The van der Waals surface area contributed by atoms with E-state index in [9.17, 15) is 4.79 Å². The average molecular weight is 278 g/mol. The highest BCUT2D eigenvalue weighted by Crippen LogP contribution is 2.19. The molecule has 1 aliphatic rings. The van der Waals surface area contributed by atoms with Crippen LogP contribution < -0.4 is 4.74 Å². The van der Waals surface area contributed by atoms with Gasteiger partial charge in [0, 0.05) is 18.9 Å². The monoisotopic (exact) mass is 278 g/mol. The lowest BCUT2D eigenvalue weighted by molar-refractivity contribution is 0.00775. The van der Waals surface area contributed by atoms with Crippen LogP contribution in [0.25, 0.3) is 0 Å². The van der Waals surface area contributed by atoms with E-state index in [0.29, 0.717) is 6.54 Å². The van der Waals surface area contributed by atoms with Gasteiger partial charge in [-0.25, -0.2) is 4.79 Å². The third-order valence-electron chi connectivity index (χ3n) is 2.98. The number of hydrogen-bond donors (Lipinski definition) is 0. The predicted molar refractivity (Wildman–Crippen MR) is 75.7 cm³/mol. The Bertz CT molecular complexity index is 442. The van der Waals surface area contributed by atoms with Crippen LogP contribution in [0.5, 0.6) is 5.75 Å². The SMILES string of the molecule is CC(C)(C)OC(=O)N1CCC[C@@H](Oc2ccncc2)C1. The van der Waals surface area contributed by atoms with E-state index in [2.05, 4.69) is 4.98 Å². The Hall–Kier alpha value is -1.78. The van der Waals surface area contributed by atoms with Crippen LogP contribution in [0.2, 0.25) is 0 Å². The summed E-state index contributed by atoms with van der Waals surface area (Å²) in [6, 6.07) is 3.65. The number of ether oxygens (including phenoxy) is 2. The van der Waals surface area contributed by atoms with E-state index in [4.69, 9.17) is 9.47 Å². The largest absolute Gasteiger partial charge is 0.488 e. The van der Waals surface area contributed by atoms with Gasteiger partial charge < -0.3 is 14.4 Å². The Labute approximate surface area is 119 Å². The van der Waals surface area contributed by atoms with E-state index in [1.165, 1.54) is 0 Å². The van der Waals surface area contributed by atoms with Gasteiger partial charge in [-0.05, 0) is 45.7 Å². The third-order valence-corrected chi connectivity index (χ3v) is 2.98. The van der Waals surface area contributed by atoms with Crippen LogP contribution in [0.3, 0.4) is 0 Å². The summed E-state index contributed by atoms with van der Waals surface area (Å²) in [5.41, 5.74) is -0.462. The van der Waals surface area contributed by atoms with E-state index in [-0.39, 0.29) is 12.2 Å². The van der Waals surface area contributed by atoms with E-state index >= 15 is 0 Å². The summed E-state index contributed by atoms with van der Waals surface area (Å²) >= 11 is 0. The van der Waals surface area contributed by atoms with Crippen LogP contribution in [0.1, 0.15) is 33.6 Å². The van der Waals surface area contributed by atoms with Crippen molar-refractivity contribution in [3.8, 4) is 5.75 Å². The molecule has 0 bridgehead atoms. The Morgan fingerprint density at radius 1 is 1.35 bits per heavy atom. The molecule has 110 valence electrons. The van der Waals surface area contributed by atoms with Gasteiger partial charge in [-0.2, -0.15) is 0 Å². The smallest absolute Gasteiger partial charge is 0.410 e. The lowest BCUT2D eigenvalue weighted by atomic mass is 10.1. The molecule has 5 nitrogen and oxygen atoms in total. The van der Waals surface area contributed by atoms with Gasteiger partial charge in [-0.3, -0.25) is 4.98 Å². The Morgan fingerprint density at radius 3 is 2.70 bits per heavy atom. The highest BCUT2D eigenvalue weighted by Gasteiger charge is 2.28. The van der Waals surface area contributed by atoms with Crippen molar-refractivity contribution in [3.63, 3.8) is 0 Å². The zero-order valence-corrected chi connectivity index (χ0v) is 12.3. The topological polar surface area (TPSA) is 51.7 Å². The fourth-order valence-electron chi connectivity index (χ4n) is 2.14. The molecule has 0 aromatic carbocycles. The highest BCUT2D eigenvalue weighted by molar-refractivity contribution is 5.68. The van der Waals surface area contributed by atoms with Crippen molar-refractivity contribution in [3.05, 3.63) is 24.5 Å². The molecule has 2 heterocycles. The number of piperidine rings is 1. The van der Waals surface area contributed by atoms with Crippen LogP contribution in [0.15, 0.2) is 24.5 Å². The molecule has 1 amide bonds. The number of aromatic nitrogens is 1. The number of carbonyl (C=O) groups is 1. The third kappa shape index (κ3) is 4.40. The molecule has 5 heteroatoms. The van der Waals surface area contributed by atoms with Gasteiger partial charge >= 0.3 is 6.09 Å². The van der Waals surface area contributed by atoms with Crippen molar-refractivity contribution in [2.45, 2.75) is 45.3 Å². The summed E-state index contributed by atoms with van der Waals surface area (Å²) in [7, 11) is 0. The van der Waals surface area contributed by atoms with Gasteiger partial charge in [-0.1, -0.05) is 0 Å². The second-order valence-electron chi connectivity index (χ2n) is 5.99. The molecule has 0 N–H and O–H groups in total. The average Bonchev–Trinajstić information content (AvgIpc) is 2.38. The maximum atomic E-state index is 12.0. The molecule has 1 aromatic heterocycles. The predicted octanol–water partition coefficient (Wildman–Crippen LogP) is 2.86. The van der Waals surface area contributed by atoms with Crippen molar-refractivity contribution >= 4 is 6.09 Å². The number of likely N-dealkylation sites (tertiary alicyclic amines) is 1. The second kappa shape index (κ2) is 6.11. The number of carbonyl (C=O) groups excluding carboxylic acids is 1. The molecule has 0 saturated carbocycles. The summed E-state index contributed by atoms with van der Waals surface area (Å²) < 4.78 is 11.3. The molecule has 0 radical (unpaired) electrons. The van der Waals surface area contributed by atoms with Gasteiger partial charge in [0.25, 0.3) is 0 Å². The summed E-state index contributed by atoms with van der Waals surface area (Å²) in [4.78, 5) is 17.7. The first kappa shape index (κ1) is 14.6. The number of hydrogen-bond acceptors (Lipinski definition) is 4. The van der Waals surface area contributed by atoms with Crippen LogP contribution in [-0.2, 0) is 4.74 Å². The first-order valence-electron chi connectivity index (χ1n) is 6.99. The quantitative estimate of drug-likeness (QED) is 0.834. The summed E-state index contributed by atoms with van der Waals surface area (Å²) in [5.74, 6) is 0.788. The minimum Gasteiger partial charge on any atom is -0.488 e. The molecule has 0 aliphatic carbocycles. The first-order valence-corrected chi connectivity index (χ1v) is 6.99. The molecule has 0 spiro atoms. The molecular weight excluding hydrogens is 256 g/mol. The van der Waals surface area contributed by atoms with Crippen molar-refractivity contribution in [2.24, 2.45) is 0 Å². The van der Waals surface area contributed by atoms with Crippen molar-refractivity contribution in [1.29, 1.82) is 0 Å². The fourth-order valence-corrected chi connectivity index (χ4v) is 2.14. The Morgan fingerprint density at radius 2 is 2.05 bits per heavy atom. The molecular formula is C15H22N2O3. The summed E-state index contributed by atoms with van der Waals surface area (Å²) in [5, 5.41) is 0. The van der Waals surface area contributed by atoms with Gasteiger partial charge in [0.2, 0.25) is 0 Å². The molecule has 20 heavy (non-hydrogen) atoms. The number of pyridine rings is 1. The van der Waals surface area contributed by atoms with E-state index in [1.54, 1.807) is 17.3 Å². The molecule has 1 saturated heterocycles. The molecule has 1 aliphatic heterocycles. The van der Waals surface area contributed by atoms with Gasteiger partial charge in [0.05, 0.1) is 6.54 Å². The van der Waals surface area contributed by atoms with Gasteiger partial charge in [-0.15, -0.1) is 0 Å². The fraction of sp³-hybridized carbons (Fsp3) is 0.600. The number of amides is 1. The van der Waals surface area contributed by atoms with Crippen LogP contribution in [-0.4, -0.2) is 40.8 Å². The minimum absolute atomic E-state index is 0.0127. The normalized spacial score (nSPS) is 19.6. The summed E-state index contributed by atoms with van der Waals surface area (Å²) in [6.45, 7) is 6.92. The Balaban J connectivity index is 1.90. The lowest BCUT2D eigenvalue weighted by Gasteiger charge is -2.34. The molecule has 1 fully saturated rings. The number of nitrogens with zero attached hydrogens (tertiary/aromatic N) is 2. The molecule has 1 aromatic rings. The zero-order chi connectivity index (χ0) is 14.6. The highest BCUT2D eigenvalue weighted by atomic mass is 16.6. The maximum absolute atomic E-state index is 12.0. The van der Waals surface area contributed by atoms with E-state index in [1.807, 2.05) is 32.9 Å². The Kier molecular flexibility index (Phi) is 4.47. The maximum Gasteiger partial charge on any atom is 0.410 e. The summed E-state index contributed by atoms with van der Waals surface area (Å²) in [6.07, 6.45) is 5.02. The first-order chi connectivity index (χ1) is 9.44. The van der Waals surface area contributed by atoms with Crippen LogP contribution >= 0.6 is 0 Å². The molecule has 1 atom stereocenters. The van der Waals surface area contributed by atoms with Crippen molar-refractivity contribution in [1.82, 2.24) is 9.88 Å². The van der Waals surface area contributed by atoms with Gasteiger partial charge in [0.15, 0.2) is 0 Å². The van der Waals surface area contributed by atoms with Crippen molar-refractivity contribution < 1.29 is 14.3 Å². The van der Waals surface area contributed by atoms with E-state index in [0.717, 1.165) is 25.1 Å². The van der Waals surface area contributed by atoms with E-state index < -0.39 is 5.60 Å². The molecule has 2 rings (SSSR count). The molecule has 0 unspecified atom stereocenters. The zero-order valence-electron chi connectivity index (χ0n) is 12.3. The second-order valence-corrected chi connectivity index (χ2v) is 5.99. The van der Waals surface area contributed by atoms with Crippen molar-refractivity contribution in [2.75, 3.05) is 13.1 Å². The van der Waals surface area contributed by atoms with Crippen LogP contribution in [0.4, 0.5) is 4.79 Å². The van der Waals surface area contributed by atoms with Gasteiger partial charge in [0.1, 0.15) is 17.5 Å². The van der Waals surface area contributed by atoms with Crippen LogP contribution in [0, 0.1) is 0 Å². The lowest BCUT2D eigenvalue weighted by Crippen LogP contribution is -2.46. The number of rotatable bonds is 2. The minimum atomic E-state index is -0.462.